The molecule has 2 amide bonds. The molecule has 1 fully saturated rings. The van der Waals surface area contributed by atoms with E-state index in [4.69, 9.17) is 10.5 Å². The van der Waals surface area contributed by atoms with Gasteiger partial charge in [0.2, 0.25) is 5.95 Å². The standard InChI is InChI=1S/C25H26N6O2S/c1-16-4-3-5-18(14-16)27-25(32)31-12-10-30(11-13-31)22-21-20(15-34-23(21)29-24(26)28-22)17-6-8-19(33-2)9-7-17/h3-9,14-15H,10-13H2,1-2H3,(H,27,32)(H2,26,28,29). The van der Waals surface area contributed by atoms with Crippen LogP contribution in [0, 0.1) is 6.92 Å². The fourth-order valence-electron chi connectivity index (χ4n) is 4.20. The number of amides is 2. The van der Waals surface area contributed by atoms with Gasteiger partial charge in [0.15, 0.2) is 0 Å². The highest BCUT2D eigenvalue weighted by Crippen LogP contribution is 2.39. The number of hydrogen-bond donors (Lipinski definition) is 2. The van der Waals surface area contributed by atoms with E-state index in [0.29, 0.717) is 26.2 Å². The molecule has 2 aromatic heterocycles. The van der Waals surface area contributed by atoms with Crippen molar-refractivity contribution in [2.24, 2.45) is 0 Å². The van der Waals surface area contributed by atoms with Gasteiger partial charge in [-0.15, -0.1) is 11.3 Å². The SMILES string of the molecule is COc1ccc(-c2csc3nc(N)nc(N4CCN(C(=O)Nc5cccc(C)c5)CC4)c23)cc1. The molecule has 3 heterocycles. The van der Waals surface area contributed by atoms with Crippen LogP contribution in [0.3, 0.4) is 0 Å². The van der Waals surface area contributed by atoms with E-state index < -0.39 is 0 Å². The first-order valence-corrected chi connectivity index (χ1v) is 12.0. The molecule has 174 valence electrons. The van der Waals surface area contributed by atoms with Crippen LogP contribution < -0.4 is 20.7 Å². The predicted molar refractivity (Wildman–Crippen MR) is 138 cm³/mol. The summed E-state index contributed by atoms with van der Waals surface area (Å²) in [5.41, 5.74) is 10.1. The third-order valence-electron chi connectivity index (χ3n) is 5.97. The van der Waals surface area contributed by atoms with Crippen LogP contribution >= 0.6 is 11.3 Å². The summed E-state index contributed by atoms with van der Waals surface area (Å²) in [7, 11) is 1.66. The van der Waals surface area contributed by atoms with Gasteiger partial charge < -0.3 is 25.6 Å². The molecule has 9 heteroatoms. The zero-order valence-corrected chi connectivity index (χ0v) is 19.9. The summed E-state index contributed by atoms with van der Waals surface area (Å²) in [5.74, 6) is 1.88. The van der Waals surface area contributed by atoms with Gasteiger partial charge in [-0.1, -0.05) is 24.3 Å². The van der Waals surface area contributed by atoms with E-state index in [0.717, 1.165) is 44.2 Å². The Morgan fingerprint density at radius 3 is 2.56 bits per heavy atom. The van der Waals surface area contributed by atoms with Crippen molar-refractivity contribution in [3.63, 3.8) is 0 Å². The molecule has 1 aliphatic rings. The number of piperazine rings is 1. The average Bonchev–Trinajstić information content (AvgIpc) is 3.27. The van der Waals surface area contributed by atoms with Gasteiger partial charge >= 0.3 is 6.03 Å². The van der Waals surface area contributed by atoms with E-state index >= 15 is 0 Å². The lowest BCUT2D eigenvalue weighted by Gasteiger charge is -2.35. The van der Waals surface area contributed by atoms with Gasteiger partial charge in [-0.3, -0.25) is 0 Å². The van der Waals surface area contributed by atoms with Gasteiger partial charge in [0, 0.05) is 42.8 Å². The zero-order valence-electron chi connectivity index (χ0n) is 19.1. The molecule has 0 saturated carbocycles. The van der Waals surface area contributed by atoms with Crippen molar-refractivity contribution in [3.05, 3.63) is 59.5 Å². The fraction of sp³-hybridized carbons (Fsp3) is 0.240. The Kier molecular flexibility index (Phi) is 5.93. The largest absolute Gasteiger partial charge is 0.497 e. The first-order chi connectivity index (χ1) is 16.5. The maximum absolute atomic E-state index is 12.8. The number of fused-ring (bicyclic) bond motifs is 1. The molecule has 5 rings (SSSR count). The first kappa shape index (κ1) is 22.0. The number of aryl methyl sites for hydroxylation is 1. The molecule has 0 spiro atoms. The summed E-state index contributed by atoms with van der Waals surface area (Å²) in [6.07, 6.45) is 0. The minimum Gasteiger partial charge on any atom is -0.497 e. The minimum absolute atomic E-state index is 0.0907. The first-order valence-electron chi connectivity index (χ1n) is 11.1. The maximum atomic E-state index is 12.8. The Bertz CT molecular complexity index is 1330. The number of nitrogens with one attached hydrogen (secondary N) is 1. The predicted octanol–water partition coefficient (Wildman–Crippen LogP) is 4.61. The van der Waals surface area contributed by atoms with Gasteiger partial charge in [-0.05, 0) is 42.3 Å². The van der Waals surface area contributed by atoms with Crippen LogP contribution in [-0.4, -0.2) is 54.2 Å². The second-order valence-electron chi connectivity index (χ2n) is 8.24. The number of aromatic nitrogens is 2. The molecule has 0 aliphatic carbocycles. The number of hydrogen-bond acceptors (Lipinski definition) is 7. The molecule has 0 unspecified atom stereocenters. The highest BCUT2D eigenvalue weighted by molar-refractivity contribution is 7.17. The van der Waals surface area contributed by atoms with Crippen molar-refractivity contribution in [1.29, 1.82) is 0 Å². The Labute approximate surface area is 202 Å². The van der Waals surface area contributed by atoms with E-state index in [-0.39, 0.29) is 12.0 Å². The number of ether oxygens (including phenoxy) is 1. The number of benzene rings is 2. The van der Waals surface area contributed by atoms with Gasteiger partial charge in [-0.2, -0.15) is 4.98 Å². The third kappa shape index (κ3) is 4.34. The molecular weight excluding hydrogens is 448 g/mol. The molecular formula is C25H26N6O2S. The molecule has 3 N–H and O–H groups in total. The second-order valence-corrected chi connectivity index (χ2v) is 9.10. The van der Waals surface area contributed by atoms with Crippen molar-refractivity contribution in [3.8, 4) is 16.9 Å². The maximum Gasteiger partial charge on any atom is 0.321 e. The Hall–Kier alpha value is -3.85. The van der Waals surface area contributed by atoms with Crippen LogP contribution in [0.5, 0.6) is 5.75 Å². The smallest absolute Gasteiger partial charge is 0.321 e. The lowest BCUT2D eigenvalue weighted by molar-refractivity contribution is 0.208. The number of nitrogens with zero attached hydrogens (tertiary/aromatic N) is 4. The lowest BCUT2D eigenvalue weighted by atomic mass is 10.1. The molecule has 2 aromatic carbocycles. The number of rotatable bonds is 4. The fourth-order valence-corrected chi connectivity index (χ4v) is 5.15. The van der Waals surface area contributed by atoms with Crippen LogP contribution in [0.15, 0.2) is 53.9 Å². The van der Waals surface area contributed by atoms with E-state index in [9.17, 15) is 4.79 Å². The number of carbonyl (C=O) groups is 1. The molecule has 4 aromatic rings. The highest BCUT2D eigenvalue weighted by atomic mass is 32.1. The highest BCUT2D eigenvalue weighted by Gasteiger charge is 2.25. The summed E-state index contributed by atoms with van der Waals surface area (Å²) < 4.78 is 5.30. The Morgan fingerprint density at radius 1 is 1.09 bits per heavy atom. The summed E-state index contributed by atoms with van der Waals surface area (Å²) in [6, 6.07) is 15.7. The van der Waals surface area contributed by atoms with Crippen molar-refractivity contribution in [2.45, 2.75) is 6.92 Å². The Balaban J connectivity index is 1.37. The molecule has 34 heavy (non-hydrogen) atoms. The molecule has 0 atom stereocenters. The number of methoxy groups -OCH3 is 1. The van der Waals surface area contributed by atoms with Crippen LogP contribution in [0.2, 0.25) is 0 Å². The molecule has 0 bridgehead atoms. The summed E-state index contributed by atoms with van der Waals surface area (Å²) >= 11 is 1.56. The molecule has 0 radical (unpaired) electrons. The van der Waals surface area contributed by atoms with E-state index in [1.807, 2.05) is 60.4 Å². The summed E-state index contributed by atoms with van der Waals surface area (Å²) in [6.45, 7) is 4.50. The zero-order chi connectivity index (χ0) is 23.7. The molecule has 8 nitrogen and oxygen atoms in total. The third-order valence-corrected chi connectivity index (χ3v) is 6.84. The summed E-state index contributed by atoms with van der Waals surface area (Å²) in [4.78, 5) is 26.7. The second kappa shape index (κ2) is 9.18. The number of carbonyl (C=O) groups excluding carboxylic acids is 1. The van der Waals surface area contributed by atoms with Crippen molar-refractivity contribution in [1.82, 2.24) is 14.9 Å². The average molecular weight is 475 g/mol. The monoisotopic (exact) mass is 474 g/mol. The number of nitrogens with two attached hydrogens (primary N) is 1. The van der Waals surface area contributed by atoms with Crippen molar-refractivity contribution >= 4 is 45.0 Å². The van der Waals surface area contributed by atoms with E-state index in [2.05, 4.69) is 25.6 Å². The van der Waals surface area contributed by atoms with E-state index in [1.54, 1.807) is 18.4 Å². The topological polar surface area (TPSA) is 96.6 Å². The van der Waals surface area contributed by atoms with Gasteiger partial charge in [0.05, 0.1) is 12.5 Å². The van der Waals surface area contributed by atoms with Gasteiger partial charge in [0.1, 0.15) is 16.4 Å². The lowest BCUT2D eigenvalue weighted by Crippen LogP contribution is -2.50. The van der Waals surface area contributed by atoms with Crippen LogP contribution in [-0.2, 0) is 0 Å². The van der Waals surface area contributed by atoms with Crippen molar-refractivity contribution in [2.75, 3.05) is 49.2 Å². The van der Waals surface area contributed by atoms with Crippen LogP contribution in [0.25, 0.3) is 21.3 Å². The van der Waals surface area contributed by atoms with Crippen molar-refractivity contribution < 1.29 is 9.53 Å². The number of nitrogen functional groups attached to an aromatic ring is 1. The minimum atomic E-state index is -0.0907. The molecule has 1 aliphatic heterocycles. The van der Waals surface area contributed by atoms with Crippen LogP contribution in [0.4, 0.5) is 22.2 Å². The van der Waals surface area contributed by atoms with E-state index in [1.165, 1.54) is 0 Å². The van der Waals surface area contributed by atoms with Gasteiger partial charge in [0.25, 0.3) is 0 Å². The van der Waals surface area contributed by atoms with Gasteiger partial charge in [-0.25, -0.2) is 9.78 Å². The normalized spacial score (nSPS) is 13.8. The quantitative estimate of drug-likeness (QED) is 0.448. The molecule has 1 saturated heterocycles. The number of thiophene rings is 1. The number of anilines is 3. The number of urea groups is 1. The summed E-state index contributed by atoms with van der Waals surface area (Å²) in [5, 5.41) is 6.08. The van der Waals surface area contributed by atoms with Crippen LogP contribution in [0.1, 0.15) is 5.56 Å². The Morgan fingerprint density at radius 2 is 1.85 bits per heavy atom.